The lowest BCUT2D eigenvalue weighted by atomic mass is 9.99. The molecule has 0 aliphatic rings. The largest absolute Gasteiger partial charge is 0.481 e. The molecular weight excluding hydrogens is 328 g/mol. The van der Waals surface area contributed by atoms with Crippen molar-refractivity contribution in [2.75, 3.05) is 18.5 Å². The first-order chi connectivity index (χ1) is 12.6. The van der Waals surface area contributed by atoms with Gasteiger partial charge in [0.05, 0.1) is 0 Å². The van der Waals surface area contributed by atoms with Crippen LogP contribution in [0.15, 0.2) is 42.5 Å². The Morgan fingerprint density at radius 1 is 1.15 bits per heavy atom. The zero-order chi connectivity index (χ0) is 18.9. The lowest BCUT2D eigenvalue weighted by Gasteiger charge is -2.21. The molecule has 2 aromatic rings. The molecule has 0 aromatic heterocycles. The number of nitrogens with zero attached hydrogens (tertiary/aromatic N) is 1. The van der Waals surface area contributed by atoms with Crippen molar-refractivity contribution in [1.82, 2.24) is 5.32 Å². The molecule has 0 saturated carbocycles. The topological polar surface area (TPSA) is 69.6 Å². The van der Waals surface area contributed by atoms with Crippen molar-refractivity contribution in [1.29, 1.82) is 0 Å². The number of hydrogen-bond donors (Lipinski definition) is 2. The van der Waals surface area contributed by atoms with Gasteiger partial charge in [0, 0.05) is 25.2 Å². The summed E-state index contributed by atoms with van der Waals surface area (Å²) < 4.78 is 0. The molecular formula is C21H26N2O3. The average Bonchev–Trinajstić information content (AvgIpc) is 2.65. The Labute approximate surface area is 154 Å². The van der Waals surface area contributed by atoms with Gasteiger partial charge in [0.2, 0.25) is 6.41 Å². The summed E-state index contributed by atoms with van der Waals surface area (Å²) in [4.78, 5) is 23.8. The van der Waals surface area contributed by atoms with Crippen molar-refractivity contribution in [3.8, 4) is 11.1 Å². The van der Waals surface area contributed by atoms with Gasteiger partial charge in [-0.1, -0.05) is 37.3 Å². The van der Waals surface area contributed by atoms with Gasteiger partial charge in [-0.25, -0.2) is 0 Å². The predicted octanol–water partition coefficient (Wildman–Crippen LogP) is 3.46. The quantitative estimate of drug-likeness (QED) is 0.641. The maximum Gasteiger partial charge on any atom is 0.303 e. The highest BCUT2D eigenvalue weighted by molar-refractivity contribution is 5.79. The monoisotopic (exact) mass is 354 g/mol. The van der Waals surface area contributed by atoms with Gasteiger partial charge < -0.3 is 15.3 Å². The minimum Gasteiger partial charge on any atom is -0.481 e. The zero-order valence-corrected chi connectivity index (χ0v) is 15.4. The van der Waals surface area contributed by atoms with E-state index in [0.29, 0.717) is 19.5 Å². The molecule has 0 saturated heterocycles. The Balaban J connectivity index is 2.27. The summed E-state index contributed by atoms with van der Waals surface area (Å²) in [5.41, 5.74) is 5.16. The molecule has 5 heteroatoms. The Hall–Kier alpha value is -2.66. The second-order valence-electron chi connectivity index (χ2n) is 6.26. The molecule has 0 spiro atoms. The normalized spacial score (nSPS) is 10.5. The first kappa shape index (κ1) is 19.7. The number of rotatable bonds is 10. The van der Waals surface area contributed by atoms with Gasteiger partial charge in [-0.15, -0.1) is 0 Å². The van der Waals surface area contributed by atoms with Crippen molar-refractivity contribution in [3.05, 3.63) is 53.6 Å². The van der Waals surface area contributed by atoms with Crippen LogP contribution in [0.3, 0.4) is 0 Å². The minimum absolute atomic E-state index is 0.138. The second-order valence-corrected chi connectivity index (χ2v) is 6.26. The summed E-state index contributed by atoms with van der Waals surface area (Å²) in [5.74, 6) is -0.784. The number of carbonyl (C=O) groups is 2. The van der Waals surface area contributed by atoms with Crippen molar-refractivity contribution in [3.63, 3.8) is 0 Å². The van der Waals surface area contributed by atoms with E-state index in [-0.39, 0.29) is 6.42 Å². The van der Waals surface area contributed by atoms with Gasteiger partial charge in [0.1, 0.15) is 0 Å². The van der Waals surface area contributed by atoms with E-state index in [4.69, 9.17) is 5.11 Å². The van der Waals surface area contributed by atoms with E-state index < -0.39 is 5.97 Å². The molecule has 0 atom stereocenters. The standard InChI is InChI=1S/C21H26N2O3/c1-3-12-23(15-24)20-10-9-18(13-19(20)14-22-2)17-7-4-16(5-8-17)6-11-21(25)26/h4-5,7-10,13,15,22H,3,6,11-12,14H2,1-2H3,(H,25,26). The maximum atomic E-state index is 11.4. The third-order valence-corrected chi connectivity index (χ3v) is 4.26. The fourth-order valence-corrected chi connectivity index (χ4v) is 2.96. The predicted molar refractivity (Wildman–Crippen MR) is 104 cm³/mol. The number of aryl methyl sites for hydroxylation is 1. The molecule has 2 N–H and O–H groups in total. The van der Waals surface area contributed by atoms with E-state index in [1.165, 1.54) is 0 Å². The summed E-state index contributed by atoms with van der Waals surface area (Å²) in [6, 6.07) is 14.1. The fraction of sp³-hybridized carbons (Fsp3) is 0.333. The zero-order valence-electron chi connectivity index (χ0n) is 15.4. The van der Waals surface area contributed by atoms with E-state index in [2.05, 4.69) is 18.3 Å². The van der Waals surface area contributed by atoms with Gasteiger partial charge in [-0.2, -0.15) is 0 Å². The highest BCUT2D eigenvalue weighted by atomic mass is 16.4. The van der Waals surface area contributed by atoms with Crippen LogP contribution in [0.25, 0.3) is 11.1 Å². The fourth-order valence-electron chi connectivity index (χ4n) is 2.96. The molecule has 0 aliphatic heterocycles. The van der Waals surface area contributed by atoms with E-state index in [1.54, 1.807) is 4.90 Å². The highest BCUT2D eigenvalue weighted by Crippen LogP contribution is 2.28. The SMILES string of the molecule is CCCN(C=O)c1ccc(-c2ccc(CCC(=O)O)cc2)cc1CNC. The lowest BCUT2D eigenvalue weighted by molar-refractivity contribution is -0.136. The average molecular weight is 354 g/mol. The smallest absolute Gasteiger partial charge is 0.303 e. The first-order valence-electron chi connectivity index (χ1n) is 8.89. The molecule has 2 aromatic carbocycles. The Morgan fingerprint density at radius 3 is 2.42 bits per heavy atom. The molecule has 0 aliphatic carbocycles. The number of hydrogen-bond acceptors (Lipinski definition) is 3. The molecule has 1 amide bonds. The Kier molecular flexibility index (Phi) is 7.36. The molecule has 5 nitrogen and oxygen atoms in total. The summed E-state index contributed by atoms with van der Waals surface area (Å²) in [7, 11) is 1.89. The third-order valence-electron chi connectivity index (χ3n) is 4.26. The van der Waals surface area contributed by atoms with Gasteiger partial charge >= 0.3 is 5.97 Å². The van der Waals surface area contributed by atoms with Crippen LogP contribution in [-0.4, -0.2) is 31.1 Å². The number of nitrogens with one attached hydrogen (secondary N) is 1. The molecule has 0 bridgehead atoms. The van der Waals surface area contributed by atoms with Gasteiger partial charge in [0.25, 0.3) is 0 Å². The van der Waals surface area contributed by atoms with Crippen LogP contribution in [-0.2, 0) is 22.6 Å². The second kappa shape index (κ2) is 9.73. The van der Waals surface area contributed by atoms with Crippen molar-refractivity contribution in [2.24, 2.45) is 0 Å². The third kappa shape index (κ3) is 5.17. The first-order valence-corrected chi connectivity index (χ1v) is 8.89. The summed E-state index contributed by atoms with van der Waals surface area (Å²) in [5, 5.41) is 11.9. The van der Waals surface area contributed by atoms with Gasteiger partial charge in [-0.3, -0.25) is 9.59 Å². The van der Waals surface area contributed by atoms with Crippen LogP contribution in [0.1, 0.15) is 30.9 Å². The van der Waals surface area contributed by atoms with Crippen molar-refractivity contribution >= 4 is 18.1 Å². The number of carbonyl (C=O) groups excluding carboxylic acids is 1. The summed E-state index contributed by atoms with van der Waals surface area (Å²) >= 11 is 0. The van der Waals surface area contributed by atoms with E-state index >= 15 is 0 Å². The molecule has 0 unspecified atom stereocenters. The van der Waals surface area contributed by atoms with E-state index in [9.17, 15) is 9.59 Å². The van der Waals surface area contributed by atoms with E-state index in [0.717, 1.165) is 40.8 Å². The van der Waals surface area contributed by atoms with Crippen LogP contribution < -0.4 is 10.2 Å². The van der Waals surface area contributed by atoms with Crippen LogP contribution in [0.5, 0.6) is 0 Å². The number of aliphatic carboxylic acids is 1. The van der Waals surface area contributed by atoms with Gasteiger partial charge in [0.15, 0.2) is 0 Å². The number of carboxylic acid groups (broad SMARTS) is 1. The van der Waals surface area contributed by atoms with Crippen LogP contribution in [0.4, 0.5) is 5.69 Å². The van der Waals surface area contributed by atoms with E-state index in [1.807, 2.05) is 43.4 Å². The van der Waals surface area contributed by atoms with Crippen molar-refractivity contribution in [2.45, 2.75) is 32.7 Å². The van der Waals surface area contributed by atoms with Crippen molar-refractivity contribution < 1.29 is 14.7 Å². The minimum atomic E-state index is -0.784. The maximum absolute atomic E-state index is 11.4. The molecule has 2 rings (SSSR count). The molecule has 26 heavy (non-hydrogen) atoms. The number of amides is 1. The lowest BCUT2D eigenvalue weighted by Crippen LogP contribution is -2.24. The molecule has 0 heterocycles. The summed E-state index contributed by atoms with van der Waals surface area (Å²) in [6.45, 7) is 3.42. The van der Waals surface area contributed by atoms with Crippen LogP contribution in [0, 0.1) is 0 Å². The molecule has 138 valence electrons. The number of anilines is 1. The number of benzene rings is 2. The molecule has 0 fully saturated rings. The highest BCUT2D eigenvalue weighted by Gasteiger charge is 2.11. The summed E-state index contributed by atoms with van der Waals surface area (Å²) in [6.07, 6.45) is 2.45. The molecule has 0 radical (unpaired) electrons. The van der Waals surface area contributed by atoms with Crippen LogP contribution in [0.2, 0.25) is 0 Å². The number of carboxylic acids is 1. The Morgan fingerprint density at radius 2 is 1.85 bits per heavy atom. The Bertz CT molecular complexity index is 741. The van der Waals surface area contributed by atoms with Crippen LogP contribution >= 0.6 is 0 Å². The van der Waals surface area contributed by atoms with Gasteiger partial charge in [-0.05, 0) is 54.3 Å².